The molecular weight excluding hydrogens is 332 g/mol. The molecule has 1 aromatic rings. The van der Waals surface area contributed by atoms with Crippen molar-refractivity contribution in [3.63, 3.8) is 0 Å². The molecule has 0 aliphatic carbocycles. The van der Waals surface area contributed by atoms with E-state index in [0.717, 1.165) is 5.75 Å². The molecule has 1 rings (SSSR count). The van der Waals surface area contributed by atoms with Crippen LogP contribution in [0.5, 0.6) is 0 Å². The second kappa shape index (κ2) is 9.98. The van der Waals surface area contributed by atoms with Crippen LogP contribution in [0.4, 0.5) is 5.13 Å². The molecule has 1 atom stereocenters. The number of thioether (sulfide) groups is 2. The van der Waals surface area contributed by atoms with E-state index in [0.29, 0.717) is 22.5 Å². The number of hydrogen-bond donors (Lipinski definition) is 2. The van der Waals surface area contributed by atoms with Crippen LogP contribution in [0.15, 0.2) is 4.34 Å². The molecule has 7 nitrogen and oxygen atoms in total. The quantitative estimate of drug-likeness (QED) is 0.389. The Morgan fingerprint density at radius 1 is 1.48 bits per heavy atom. The molecule has 0 aliphatic rings. The van der Waals surface area contributed by atoms with Crippen LogP contribution in [0, 0.1) is 0 Å². The van der Waals surface area contributed by atoms with Crippen molar-refractivity contribution in [1.82, 2.24) is 10.2 Å². The van der Waals surface area contributed by atoms with Crippen LogP contribution in [0.2, 0.25) is 0 Å². The number of carbonyl (C=O) groups is 2. The zero-order valence-corrected chi connectivity index (χ0v) is 14.3. The van der Waals surface area contributed by atoms with Gasteiger partial charge in [-0.1, -0.05) is 23.1 Å². The molecule has 0 spiro atoms. The molecule has 0 saturated carbocycles. The number of amides is 1. The normalized spacial score (nSPS) is 12.0. The van der Waals surface area contributed by atoms with Crippen molar-refractivity contribution in [2.24, 2.45) is 5.73 Å². The van der Waals surface area contributed by atoms with E-state index in [1.165, 1.54) is 23.1 Å². The van der Waals surface area contributed by atoms with Crippen LogP contribution in [0.3, 0.4) is 0 Å². The fourth-order valence-corrected chi connectivity index (χ4v) is 3.26. The van der Waals surface area contributed by atoms with E-state index in [2.05, 4.69) is 15.5 Å². The van der Waals surface area contributed by atoms with Gasteiger partial charge < -0.3 is 10.5 Å². The standard InChI is InChI=1S/C11H18N4O3S3/c1-3-18-8(16)6-20-11-15-14-10(21-11)13-9(17)7(12)4-5-19-2/h7H,3-6,12H2,1-2H3,(H,13,14,17). The Labute approximate surface area is 135 Å². The second-order valence-corrected chi connectivity index (χ2v) is 7.03. The van der Waals surface area contributed by atoms with Crippen LogP contribution in [0.1, 0.15) is 13.3 Å². The Balaban J connectivity index is 2.40. The number of aromatic nitrogens is 2. The van der Waals surface area contributed by atoms with Gasteiger partial charge in [-0.05, 0) is 25.4 Å². The largest absolute Gasteiger partial charge is 0.465 e. The van der Waals surface area contributed by atoms with Gasteiger partial charge in [-0.25, -0.2) is 0 Å². The summed E-state index contributed by atoms with van der Waals surface area (Å²) in [4.78, 5) is 23.0. The SMILES string of the molecule is CCOC(=O)CSc1nnc(NC(=O)C(N)CCSC)s1. The number of ether oxygens (including phenoxy) is 1. The summed E-state index contributed by atoms with van der Waals surface area (Å²) < 4.78 is 5.41. The molecule has 3 N–H and O–H groups in total. The van der Waals surface area contributed by atoms with E-state index in [1.807, 2.05) is 6.26 Å². The highest BCUT2D eigenvalue weighted by atomic mass is 32.2. The third kappa shape index (κ3) is 7.11. The van der Waals surface area contributed by atoms with Crippen molar-refractivity contribution in [2.45, 2.75) is 23.7 Å². The first-order chi connectivity index (χ1) is 10.1. The highest BCUT2D eigenvalue weighted by Gasteiger charge is 2.16. The van der Waals surface area contributed by atoms with E-state index in [1.54, 1.807) is 18.7 Å². The van der Waals surface area contributed by atoms with Gasteiger partial charge in [-0.15, -0.1) is 10.2 Å². The van der Waals surface area contributed by atoms with Gasteiger partial charge in [-0.3, -0.25) is 14.9 Å². The lowest BCUT2D eigenvalue weighted by atomic mass is 10.2. The monoisotopic (exact) mass is 350 g/mol. The van der Waals surface area contributed by atoms with Crippen LogP contribution in [-0.2, 0) is 14.3 Å². The molecule has 1 heterocycles. The minimum absolute atomic E-state index is 0.170. The molecular formula is C11H18N4O3S3. The number of nitrogens with one attached hydrogen (secondary N) is 1. The average molecular weight is 350 g/mol. The topological polar surface area (TPSA) is 107 Å². The molecule has 1 amide bonds. The van der Waals surface area contributed by atoms with Crippen LogP contribution >= 0.6 is 34.9 Å². The molecule has 1 aromatic heterocycles. The molecule has 0 fully saturated rings. The lowest BCUT2D eigenvalue weighted by Crippen LogP contribution is -2.36. The molecule has 0 aromatic carbocycles. The van der Waals surface area contributed by atoms with Gasteiger partial charge in [0.15, 0.2) is 4.34 Å². The Kier molecular flexibility index (Phi) is 8.66. The highest BCUT2D eigenvalue weighted by molar-refractivity contribution is 8.01. The Morgan fingerprint density at radius 3 is 2.90 bits per heavy atom. The maximum absolute atomic E-state index is 11.8. The van der Waals surface area contributed by atoms with Gasteiger partial charge >= 0.3 is 5.97 Å². The summed E-state index contributed by atoms with van der Waals surface area (Å²) in [6.07, 6.45) is 2.57. The molecule has 0 bridgehead atoms. The van der Waals surface area contributed by atoms with Crippen molar-refractivity contribution >= 4 is 51.9 Å². The number of nitrogens with two attached hydrogens (primary N) is 1. The number of nitrogens with zero attached hydrogens (tertiary/aromatic N) is 2. The molecule has 21 heavy (non-hydrogen) atoms. The van der Waals surface area contributed by atoms with Gasteiger partial charge in [0.2, 0.25) is 11.0 Å². The van der Waals surface area contributed by atoms with Crippen molar-refractivity contribution < 1.29 is 14.3 Å². The van der Waals surface area contributed by atoms with Crippen molar-refractivity contribution in [3.8, 4) is 0 Å². The van der Waals surface area contributed by atoms with Crippen molar-refractivity contribution in [1.29, 1.82) is 0 Å². The number of anilines is 1. The summed E-state index contributed by atoms with van der Waals surface area (Å²) in [6.45, 7) is 2.10. The van der Waals surface area contributed by atoms with Gasteiger partial charge in [-0.2, -0.15) is 11.8 Å². The third-order valence-corrected chi connectivity index (χ3v) is 4.81. The molecule has 118 valence electrons. The summed E-state index contributed by atoms with van der Waals surface area (Å²) in [5.74, 6) is 0.416. The van der Waals surface area contributed by atoms with Gasteiger partial charge in [0.1, 0.15) is 0 Å². The first kappa shape index (κ1) is 18.2. The summed E-state index contributed by atoms with van der Waals surface area (Å²) in [5, 5.41) is 10.7. The number of rotatable bonds is 9. The van der Waals surface area contributed by atoms with Crippen molar-refractivity contribution in [2.75, 3.05) is 29.7 Å². The highest BCUT2D eigenvalue weighted by Crippen LogP contribution is 2.25. The Morgan fingerprint density at radius 2 is 2.24 bits per heavy atom. The van der Waals surface area contributed by atoms with Crippen LogP contribution < -0.4 is 11.1 Å². The molecule has 1 unspecified atom stereocenters. The van der Waals surface area contributed by atoms with Crippen LogP contribution in [0.25, 0.3) is 0 Å². The Hall–Kier alpha value is -0.840. The lowest BCUT2D eigenvalue weighted by Gasteiger charge is -2.08. The van der Waals surface area contributed by atoms with Gasteiger partial charge in [0.25, 0.3) is 0 Å². The minimum atomic E-state index is -0.558. The maximum atomic E-state index is 11.8. The molecule has 10 heteroatoms. The number of hydrogen-bond acceptors (Lipinski definition) is 9. The van der Waals surface area contributed by atoms with Crippen LogP contribution in [-0.4, -0.2) is 52.5 Å². The van der Waals surface area contributed by atoms with Crippen molar-refractivity contribution in [3.05, 3.63) is 0 Å². The maximum Gasteiger partial charge on any atom is 0.316 e. The second-order valence-electron chi connectivity index (χ2n) is 3.84. The summed E-state index contributed by atoms with van der Waals surface area (Å²) in [7, 11) is 0. The first-order valence-corrected chi connectivity index (χ1v) is 9.43. The summed E-state index contributed by atoms with van der Waals surface area (Å²) in [5.41, 5.74) is 5.75. The van der Waals surface area contributed by atoms with E-state index in [-0.39, 0.29) is 17.6 Å². The van der Waals surface area contributed by atoms with Gasteiger partial charge in [0.05, 0.1) is 18.4 Å². The lowest BCUT2D eigenvalue weighted by molar-refractivity contribution is -0.139. The predicted molar refractivity (Wildman–Crippen MR) is 86.9 cm³/mol. The fourth-order valence-electron chi connectivity index (χ4n) is 1.22. The first-order valence-electron chi connectivity index (χ1n) is 6.24. The molecule has 0 aliphatic heterocycles. The predicted octanol–water partition coefficient (Wildman–Crippen LogP) is 1.21. The van der Waals surface area contributed by atoms with E-state index in [4.69, 9.17) is 10.5 Å². The molecule has 0 radical (unpaired) electrons. The van der Waals surface area contributed by atoms with E-state index < -0.39 is 6.04 Å². The summed E-state index contributed by atoms with van der Waals surface area (Å²) >= 11 is 4.06. The number of carbonyl (C=O) groups excluding carboxylic acids is 2. The average Bonchev–Trinajstić information content (AvgIpc) is 2.90. The van der Waals surface area contributed by atoms with E-state index >= 15 is 0 Å². The third-order valence-electron chi connectivity index (χ3n) is 2.23. The summed E-state index contributed by atoms with van der Waals surface area (Å²) in [6, 6.07) is -0.558. The van der Waals surface area contributed by atoms with Gasteiger partial charge in [0, 0.05) is 0 Å². The minimum Gasteiger partial charge on any atom is -0.465 e. The number of esters is 1. The van der Waals surface area contributed by atoms with E-state index in [9.17, 15) is 9.59 Å². The molecule has 0 saturated heterocycles. The zero-order chi connectivity index (χ0) is 15.7. The Bertz CT molecular complexity index is 469. The smallest absolute Gasteiger partial charge is 0.316 e. The fraction of sp³-hybridized carbons (Fsp3) is 0.636. The zero-order valence-electron chi connectivity index (χ0n) is 11.8.